The number of esters is 1. The fourth-order valence-corrected chi connectivity index (χ4v) is 8.00. The van der Waals surface area contributed by atoms with Gasteiger partial charge in [0, 0.05) is 0 Å². The van der Waals surface area contributed by atoms with Crippen molar-refractivity contribution in [3.8, 4) is 0 Å². The number of ether oxygens (including phenoxy) is 1. The molecule has 0 bridgehead atoms. The molecule has 140 valence electrons. The molecule has 2 nitrogen and oxygen atoms in total. The molecule has 27 heavy (non-hydrogen) atoms. The number of benzene rings is 3. The third kappa shape index (κ3) is 4.46. The van der Waals surface area contributed by atoms with Crippen molar-refractivity contribution < 1.29 is 9.53 Å². The van der Waals surface area contributed by atoms with Crippen molar-refractivity contribution in [3.05, 3.63) is 91.0 Å². The van der Waals surface area contributed by atoms with Crippen LogP contribution in [-0.2, 0) is 9.53 Å². The first kappa shape index (κ1) is 19.3. The van der Waals surface area contributed by atoms with E-state index < -0.39 is 7.26 Å². The van der Waals surface area contributed by atoms with E-state index in [-0.39, 0.29) is 5.97 Å². The molecule has 0 fully saturated rings. The molecule has 0 saturated carbocycles. The topological polar surface area (TPSA) is 26.3 Å². The number of carbonyl (C=O) groups is 1. The van der Waals surface area contributed by atoms with Gasteiger partial charge in [-0.2, -0.15) is 0 Å². The van der Waals surface area contributed by atoms with Crippen LogP contribution in [0, 0.1) is 0 Å². The van der Waals surface area contributed by atoms with Crippen LogP contribution in [0.1, 0.15) is 19.8 Å². The number of hydrogen-bond acceptors (Lipinski definition) is 2. The molecular weight excluding hydrogens is 351 g/mol. The first-order valence-corrected chi connectivity index (χ1v) is 11.8. The predicted octanol–water partition coefficient (Wildman–Crippen LogP) is 4.06. The summed E-state index contributed by atoms with van der Waals surface area (Å²) in [6, 6.07) is 31.4. The van der Waals surface area contributed by atoms with E-state index >= 15 is 0 Å². The Kier molecular flexibility index (Phi) is 6.79. The second-order valence-electron chi connectivity index (χ2n) is 6.75. The molecule has 3 aromatic carbocycles. The van der Waals surface area contributed by atoms with E-state index in [1.807, 2.05) is 18.2 Å². The monoisotopic (exact) mass is 378 g/mol. The molecule has 0 spiro atoms. The SMILES string of the molecule is CCCCOC(=O)C[PH](c1ccccc1)(c1ccccc1)c1ccccc1. The van der Waals surface area contributed by atoms with Gasteiger partial charge in [-0.25, -0.2) is 0 Å². The van der Waals surface area contributed by atoms with Crippen LogP contribution in [0.2, 0.25) is 0 Å². The molecule has 0 N–H and O–H groups in total. The Morgan fingerprint density at radius 2 is 1.15 bits per heavy atom. The van der Waals surface area contributed by atoms with Gasteiger partial charge < -0.3 is 0 Å². The summed E-state index contributed by atoms with van der Waals surface area (Å²) in [6.45, 7) is 2.60. The van der Waals surface area contributed by atoms with Crippen molar-refractivity contribution in [2.45, 2.75) is 19.8 Å². The van der Waals surface area contributed by atoms with Gasteiger partial charge in [-0.3, -0.25) is 0 Å². The van der Waals surface area contributed by atoms with Crippen molar-refractivity contribution in [3.63, 3.8) is 0 Å². The molecule has 0 saturated heterocycles. The van der Waals surface area contributed by atoms with Crippen LogP contribution in [0.4, 0.5) is 0 Å². The second-order valence-corrected chi connectivity index (χ2v) is 10.7. The van der Waals surface area contributed by atoms with E-state index in [1.165, 1.54) is 15.9 Å². The number of rotatable bonds is 8. The zero-order valence-electron chi connectivity index (χ0n) is 15.8. The molecule has 0 amide bonds. The van der Waals surface area contributed by atoms with Crippen LogP contribution in [0.3, 0.4) is 0 Å². The van der Waals surface area contributed by atoms with Gasteiger partial charge in [0.05, 0.1) is 0 Å². The minimum absolute atomic E-state index is 0.105. The van der Waals surface area contributed by atoms with E-state index in [9.17, 15) is 4.79 Å². The van der Waals surface area contributed by atoms with E-state index in [2.05, 4.69) is 79.7 Å². The maximum atomic E-state index is 12.9. The van der Waals surface area contributed by atoms with E-state index in [0.717, 1.165) is 12.8 Å². The Balaban J connectivity index is 2.12. The van der Waals surface area contributed by atoms with Gasteiger partial charge in [0.1, 0.15) is 0 Å². The average Bonchev–Trinajstić information content (AvgIpc) is 2.74. The summed E-state index contributed by atoms with van der Waals surface area (Å²) in [6.07, 6.45) is 2.34. The van der Waals surface area contributed by atoms with Gasteiger partial charge in [0.2, 0.25) is 0 Å². The van der Waals surface area contributed by atoms with E-state index in [0.29, 0.717) is 12.8 Å². The zero-order chi connectivity index (χ0) is 19.0. The van der Waals surface area contributed by atoms with Crippen LogP contribution in [0.5, 0.6) is 0 Å². The quantitative estimate of drug-likeness (QED) is 0.336. The van der Waals surface area contributed by atoms with Crippen molar-refractivity contribution in [1.82, 2.24) is 0 Å². The Hall–Kier alpha value is -2.44. The Morgan fingerprint density at radius 1 is 0.741 bits per heavy atom. The van der Waals surface area contributed by atoms with Crippen LogP contribution < -0.4 is 15.9 Å². The first-order valence-electron chi connectivity index (χ1n) is 9.59. The standard InChI is InChI=1S/C24H27O2P/c1-2-3-19-26-24(25)20-27(21-13-7-4-8-14-21,22-15-9-5-10-16-22)23-17-11-6-12-18-23/h4-18,27H,2-3,19-20H2,1H3. The molecule has 3 heteroatoms. The normalized spacial score (nSPS) is 11.7. The van der Waals surface area contributed by atoms with Crippen LogP contribution in [0.25, 0.3) is 0 Å². The van der Waals surface area contributed by atoms with Gasteiger partial charge in [-0.1, -0.05) is 0 Å². The molecule has 3 rings (SSSR count). The first-order chi connectivity index (χ1) is 13.3. The fraction of sp³-hybridized carbons (Fsp3) is 0.208. The van der Waals surface area contributed by atoms with Crippen LogP contribution >= 0.6 is 7.26 Å². The molecular formula is C24H27O2P. The number of carbonyl (C=O) groups excluding carboxylic acids is 1. The predicted molar refractivity (Wildman–Crippen MR) is 117 cm³/mol. The molecule has 0 radical (unpaired) electrons. The second kappa shape index (κ2) is 9.48. The molecule has 0 aliphatic rings. The van der Waals surface area contributed by atoms with Crippen molar-refractivity contribution in [2.75, 3.05) is 12.8 Å². The molecule has 0 aromatic heterocycles. The van der Waals surface area contributed by atoms with Gasteiger partial charge in [0.25, 0.3) is 0 Å². The summed E-state index contributed by atoms with van der Waals surface area (Å²) in [5.41, 5.74) is 0. The molecule has 3 aromatic rings. The Bertz CT molecular complexity index is 735. The van der Waals surface area contributed by atoms with Gasteiger partial charge in [-0.05, 0) is 0 Å². The number of hydrogen-bond donors (Lipinski definition) is 0. The van der Waals surface area contributed by atoms with Crippen LogP contribution in [0.15, 0.2) is 91.0 Å². The van der Waals surface area contributed by atoms with E-state index in [1.54, 1.807) is 0 Å². The summed E-state index contributed by atoms with van der Waals surface area (Å²) >= 11 is 0. The minimum atomic E-state index is -2.52. The molecule has 0 aliphatic heterocycles. The maximum absolute atomic E-state index is 12.9. The Labute approximate surface area is 162 Å². The summed E-state index contributed by atoms with van der Waals surface area (Å²) < 4.78 is 5.60. The van der Waals surface area contributed by atoms with Crippen molar-refractivity contribution in [1.29, 1.82) is 0 Å². The zero-order valence-corrected chi connectivity index (χ0v) is 16.8. The van der Waals surface area contributed by atoms with Gasteiger partial charge in [-0.15, -0.1) is 0 Å². The van der Waals surface area contributed by atoms with Crippen LogP contribution in [-0.4, -0.2) is 18.7 Å². The molecule has 0 heterocycles. The van der Waals surface area contributed by atoms with Crippen molar-refractivity contribution >= 4 is 29.1 Å². The summed E-state index contributed by atoms with van der Waals surface area (Å²) in [5, 5.41) is 3.69. The summed E-state index contributed by atoms with van der Waals surface area (Å²) in [4.78, 5) is 12.9. The third-order valence-corrected chi connectivity index (χ3v) is 9.75. The summed E-state index contributed by atoms with van der Waals surface area (Å²) in [5.74, 6) is -0.105. The van der Waals surface area contributed by atoms with Crippen molar-refractivity contribution in [2.24, 2.45) is 0 Å². The van der Waals surface area contributed by atoms with E-state index in [4.69, 9.17) is 4.74 Å². The summed E-state index contributed by atoms with van der Waals surface area (Å²) in [7, 11) is -2.52. The molecule has 0 unspecified atom stereocenters. The Morgan fingerprint density at radius 3 is 1.52 bits per heavy atom. The molecule has 0 aliphatic carbocycles. The van der Waals surface area contributed by atoms with Gasteiger partial charge in [0.15, 0.2) is 0 Å². The molecule has 0 atom stereocenters. The average molecular weight is 378 g/mol. The third-order valence-electron chi connectivity index (χ3n) is 4.97. The van der Waals surface area contributed by atoms with Gasteiger partial charge >= 0.3 is 162 Å². The number of unbranched alkanes of at least 4 members (excludes halogenated alkanes) is 1. The fourth-order valence-electron chi connectivity index (χ4n) is 3.57.